The lowest BCUT2D eigenvalue weighted by Crippen LogP contribution is -2.19. The van der Waals surface area contributed by atoms with Gasteiger partial charge in [0.2, 0.25) is 11.8 Å². The van der Waals surface area contributed by atoms with E-state index in [1.807, 2.05) is 32.9 Å². The van der Waals surface area contributed by atoms with Crippen molar-refractivity contribution < 1.29 is 14.3 Å². The summed E-state index contributed by atoms with van der Waals surface area (Å²) in [5.74, 6) is -0.0315. The fourth-order valence-corrected chi connectivity index (χ4v) is 2.23. The Morgan fingerprint density at radius 3 is 2.71 bits per heavy atom. The molecule has 0 radical (unpaired) electrons. The maximum Gasteiger partial charge on any atom is 0.303 e. The maximum absolute atomic E-state index is 10.8. The van der Waals surface area contributed by atoms with Crippen LogP contribution in [-0.2, 0) is 11.2 Å². The molecule has 0 spiro atoms. The van der Waals surface area contributed by atoms with Crippen LogP contribution in [0.1, 0.15) is 31.7 Å². The number of aryl methyl sites for hydroxylation is 1. The van der Waals surface area contributed by atoms with Crippen LogP contribution in [0.3, 0.4) is 0 Å². The van der Waals surface area contributed by atoms with Gasteiger partial charge in [0.25, 0.3) is 0 Å². The summed E-state index contributed by atoms with van der Waals surface area (Å²) in [4.78, 5) is 10.8. The largest absolute Gasteiger partial charge is 0.481 e. The van der Waals surface area contributed by atoms with Crippen LogP contribution in [0.25, 0.3) is 11.5 Å². The lowest BCUT2D eigenvalue weighted by Gasteiger charge is -2.19. The summed E-state index contributed by atoms with van der Waals surface area (Å²) in [6.45, 7) is 5.63. The number of aromatic nitrogens is 2. The molecule has 2 aromatic rings. The van der Waals surface area contributed by atoms with Crippen molar-refractivity contribution in [2.75, 3.05) is 0 Å². The molecule has 0 aliphatic carbocycles. The Balaban J connectivity index is 2.18. The first-order valence-corrected chi connectivity index (χ1v) is 6.95. The first-order chi connectivity index (χ1) is 9.77. The summed E-state index contributed by atoms with van der Waals surface area (Å²) in [5.41, 5.74) is 1.28. The first kappa shape index (κ1) is 15.5. The Kier molecular flexibility index (Phi) is 4.32. The van der Waals surface area contributed by atoms with Crippen molar-refractivity contribution in [1.82, 2.24) is 10.2 Å². The molecule has 1 N–H and O–H groups in total. The molecule has 2 rings (SSSR count). The molecule has 0 saturated heterocycles. The van der Waals surface area contributed by atoms with Crippen molar-refractivity contribution >= 4 is 17.6 Å². The van der Waals surface area contributed by atoms with E-state index in [2.05, 4.69) is 10.2 Å². The van der Waals surface area contributed by atoms with E-state index in [-0.39, 0.29) is 6.42 Å². The normalized spacial score (nSPS) is 11.6. The van der Waals surface area contributed by atoms with Crippen molar-refractivity contribution in [2.24, 2.45) is 5.41 Å². The molecule has 6 heteroatoms. The fraction of sp³-hybridized carbons (Fsp3) is 0.400. The van der Waals surface area contributed by atoms with E-state index in [0.29, 0.717) is 23.2 Å². The number of carboxylic acid groups (broad SMARTS) is 1. The quantitative estimate of drug-likeness (QED) is 0.910. The van der Waals surface area contributed by atoms with Crippen LogP contribution in [0.4, 0.5) is 0 Å². The van der Waals surface area contributed by atoms with Gasteiger partial charge in [-0.1, -0.05) is 31.5 Å². The van der Waals surface area contributed by atoms with Crippen LogP contribution in [0.15, 0.2) is 22.6 Å². The molecular formula is C15H17ClN2O3. The third-order valence-corrected chi connectivity index (χ3v) is 3.55. The first-order valence-electron chi connectivity index (χ1n) is 6.57. The molecule has 1 aromatic heterocycles. The number of halogens is 1. The van der Waals surface area contributed by atoms with E-state index >= 15 is 0 Å². The molecule has 5 nitrogen and oxygen atoms in total. The van der Waals surface area contributed by atoms with Crippen LogP contribution < -0.4 is 0 Å². The van der Waals surface area contributed by atoms with Gasteiger partial charge in [-0.2, -0.15) is 0 Å². The molecule has 112 valence electrons. The molecule has 1 aromatic carbocycles. The lowest BCUT2D eigenvalue weighted by atomic mass is 9.86. The molecule has 0 unspecified atom stereocenters. The van der Waals surface area contributed by atoms with Crippen LogP contribution in [0, 0.1) is 12.3 Å². The summed E-state index contributed by atoms with van der Waals surface area (Å²) >= 11 is 6.08. The molecule has 0 aliphatic heterocycles. The summed E-state index contributed by atoms with van der Waals surface area (Å²) in [6.07, 6.45) is 0.451. The highest BCUT2D eigenvalue weighted by atomic mass is 35.5. The Morgan fingerprint density at radius 1 is 1.38 bits per heavy atom. The van der Waals surface area contributed by atoms with Gasteiger partial charge in [0.15, 0.2) is 0 Å². The van der Waals surface area contributed by atoms with Gasteiger partial charge < -0.3 is 9.52 Å². The van der Waals surface area contributed by atoms with E-state index in [1.165, 1.54) is 0 Å². The predicted octanol–water partition coefficient (Wildman–Crippen LogP) is 3.74. The molecule has 1 heterocycles. The second kappa shape index (κ2) is 5.85. The SMILES string of the molecule is Cc1ccc(-c2nnc(CC(C)(C)CC(=O)O)o2)cc1Cl. The maximum atomic E-state index is 10.8. The van der Waals surface area contributed by atoms with Gasteiger partial charge in [0.1, 0.15) is 0 Å². The molecule has 0 aliphatic rings. The Morgan fingerprint density at radius 2 is 2.10 bits per heavy atom. The van der Waals surface area contributed by atoms with Gasteiger partial charge in [-0.15, -0.1) is 10.2 Å². The van der Waals surface area contributed by atoms with Crippen LogP contribution in [0.2, 0.25) is 5.02 Å². The highest BCUT2D eigenvalue weighted by molar-refractivity contribution is 6.31. The number of hydrogen-bond donors (Lipinski definition) is 1. The van der Waals surface area contributed by atoms with Crippen molar-refractivity contribution in [3.63, 3.8) is 0 Å². The third-order valence-electron chi connectivity index (χ3n) is 3.15. The summed E-state index contributed by atoms with van der Waals surface area (Å²) in [6, 6.07) is 5.52. The number of carboxylic acids is 1. The van der Waals surface area contributed by atoms with Crippen LogP contribution in [0.5, 0.6) is 0 Å². The standard InChI is InChI=1S/C15H17ClN2O3/c1-9-4-5-10(6-11(9)16)14-18-17-12(21-14)7-15(2,3)8-13(19)20/h4-6H,7-8H2,1-3H3,(H,19,20). The highest BCUT2D eigenvalue weighted by Gasteiger charge is 2.25. The number of carbonyl (C=O) groups is 1. The molecule has 0 atom stereocenters. The smallest absolute Gasteiger partial charge is 0.303 e. The van der Waals surface area contributed by atoms with E-state index in [1.54, 1.807) is 6.07 Å². The Labute approximate surface area is 128 Å². The zero-order valence-corrected chi connectivity index (χ0v) is 12.9. The van der Waals surface area contributed by atoms with Crippen molar-refractivity contribution in [1.29, 1.82) is 0 Å². The fourth-order valence-electron chi connectivity index (χ4n) is 2.05. The highest BCUT2D eigenvalue weighted by Crippen LogP contribution is 2.28. The van der Waals surface area contributed by atoms with E-state index in [9.17, 15) is 4.79 Å². The van der Waals surface area contributed by atoms with Gasteiger partial charge >= 0.3 is 5.97 Å². The minimum Gasteiger partial charge on any atom is -0.481 e. The molecular weight excluding hydrogens is 292 g/mol. The van der Waals surface area contributed by atoms with Crippen molar-refractivity contribution in [2.45, 2.75) is 33.6 Å². The Hall–Kier alpha value is -1.88. The topological polar surface area (TPSA) is 76.2 Å². The van der Waals surface area contributed by atoms with Gasteiger partial charge in [0.05, 0.1) is 6.42 Å². The monoisotopic (exact) mass is 308 g/mol. The second-order valence-corrected chi connectivity index (χ2v) is 6.28. The van der Waals surface area contributed by atoms with Crippen molar-refractivity contribution in [3.05, 3.63) is 34.7 Å². The molecule has 0 amide bonds. The molecule has 0 saturated carbocycles. The van der Waals surface area contributed by atoms with Crippen LogP contribution >= 0.6 is 11.6 Å². The molecule has 0 bridgehead atoms. The predicted molar refractivity (Wildman–Crippen MR) is 79.2 cm³/mol. The number of hydrogen-bond acceptors (Lipinski definition) is 4. The number of benzene rings is 1. The average Bonchev–Trinajstić information content (AvgIpc) is 2.78. The zero-order valence-electron chi connectivity index (χ0n) is 12.2. The van der Waals surface area contributed by atoms with Crippen molar-refractivity contribution in [3.8, 4) is 11.5 Å². The van der Waals surface area contributed by atoms with E-state index < -0.39 is 11.4 Å². The van der Waals surface area contributed by atoms with Crippen LogP contribution in [-0.4, -0.2) is 21.3 Å². The number of rotatable bonds is 5. The molecule has 0 fully saturated rings. The third kappa shape index (κ3) is 4.04. The molecule has 21 heavy (non-hydrogen) atoms. The second-order valence-electron chi connectivity index (χ2n) is 5.88. The van der Waals surface area contributed by atoms with Gasteiger partial charge in [-0.25, -0.2) is 0 Å². The van der Waals surface area contributed by atoms with Gasteiger partial charge in [0, 0.05) is 17.0 Å². The lowest BCUT2D eigenvalue weighted by molar-refractivity contribution is -0.139. The summed E-state index contributed by atoms with van der Waals surface area (Å²) < 4.78 is 5.61. The van der Waals surface area contributed by atoms with E-state index in [4.69, 9.17) is 21.1 Å². The minimum absolute atomic E-state index is 0.0427. The summed E-state index contributed by atoms with van der Waals surface area (Å²) in [5, 5.41) is 17.5. The Bertz CT molecular complexity index is 665. The van der Waals surface area contributed by atoms with E-state index in [0.717, 1.165) is 11.1 Å². The number of aliphatic carboxylic acids is 1. The average molecular weight is 309 g/mol. The summed E-state index contributed by atoms with van der Waals surface area (Å²) in [7, 11) is 0. The van der Waals surface area contributed by atoms with Gasteiger partial charge in [-0.3, -0.25) is 4.79 Å². The zero-order chi connectivity index (χ0) is 15.6. The minimum atomic E-state index is -0.843. The van der Waals surface area contributed by atoms with Gasteiger partial charge in [-0.05, 0) is 30.0 Å². The number of nitrogens with zero attached hydrogens (tertiary/aromatic N) is 2.